The van der Waals surface area contributed by atoms with Crippen molar-refractivity contribution in [1.29, 1.82) is 0 Å². The van der Waals surface area contributed by atoms with Gasteiger partial charge in [0.1, 0.15) is 11.2 Å². The van der Waals surface area contributed by atoms with E-state index in [2.05, 4.69) is 278 Å². The van der Waals surface area contributed by atoms with Crippen molar-refractivity contribution in [3.63, 3.8) is 0 Å². The van der Waals surface area contributed by atoms with E-state index in [9.17, 15) is 0 Å². The number of anilines is 3. The topological polar surface area (TPSA) is 16.4 Å². The minimum Gasteiger partial charge on any atom is -0.455 e. The molecule has 71 heavy (non-hydrogen) atoms. The van der Waals surface area contributed by atoms with Crippen molar-refractivity contribution in [3.8, 4) is 44.5 Å². The van der Waals surface area contributed by atoms with Crippen LogP contribution in [-0.4, -0.2) is 0 Å². The lowest BCUT2D eigenvalue weighted by Crippen LogP contribution is -2.28. The molecule has 0 atom stereocenters. The van der Waals surface area contributed by atoms with Crippen LogP contribution in [0.3, 0.4) is 0 Å². The molecule has 332 valence electrons. The highest BCUT2D eigenvalue weighted by Gasteiger charge is 2.46. The molecule has 0 fully saturated rings. The Bertz CT molecular complexity index is 4110. The number of nitrogens with zero attached hydrogens (tertiary/aromatic N) is 1. The minimum absolute atomic E-state index is 0.544. The summed E-state index contributed by atoms with van der Waals surface area (Å²) >= 11 is 0. The van der Waals surface area contributed by atoms with Gasteiger partial charge in [-0.1, -0.05) is 231 Å². The van der Waals surface area contributed by atoms with Crippen molar-refractivity contribution < 1.29 is 4.42 Å². The standard InChI is InChI=1S/C69H45NO/c1-4-18-47(19-5-1)57-31-17-32-62-63-44-49(36-43-67(63)71-68(57)62)56-41-42-66(61-29-13-12-27-58(56)61)70(52-37-34-48(35-38-52)55-30-16-21-46-20-10-11-26-54(46)55)53-39-40-60-59-28-14-15-33-64(59)69(65(60)45-53,50-22-6-2-7-23-50)51-24-8-3-9-25-51/h1-45H. The number of hydrogen-bond donors (Lipinski definition) is 0. The quantitative estimate of drug-likeness (QED) is 0.151. The lowest BCUT2D eigenvalue weighted by Gasteiger charge is -2.35. The summed E-state index contributed by atoms with van der Waals surface area (Å²) in [5, 5.41) is 7.04. The van der Waals surface area contributed by atoms with E-state index in [4.69, 9.17) is 4.42 Å². The van der Waals surface area contributed by atoms with Crippen molar-refractivity contribution in [2.45, 2.75) is 5.41 Å². The van der Waals surface area contributed by atoms with Crippen LogP contribution in [-0.2, 0) is 5.41 Å². The van der Waals surface area contributed by atoms with Crippen LogP contribution in [0.1, 0.15) is 22.3 Å². The maximum atomic E-state index is 6.64. The third-order valence-electron chi connectivity index (χ3n) is 15.0. The summed E-state index contributed by atoms with van der Waals surface area (Å²) in [6.07, 6.45) is 0. The maximum Gasteiger partial charge on any atom is 0.143 e. The van der Waals surface area contributed by atoms with Crippen molar-refractivity contribution in [3.05, 3.63) is 295 Å². The Labute approximate surface area is 413 Å². The molecule has 0 radical (unpaired) electrons. The fourth-order valence-corrected chi connectivity index (χ4v) is 11.8. The molecule has 1 aliphatic carbocycles. The number of para-hydroxylation sites is 1. The van der Waals surface area contributed by atoms with Gasteiger partial charge in [0, 0.05) is 33.1 Å². The fraction of sp³-hybridized carbons (Fsp3) is 0.0145. The first-order valence-corrected chi connectivity index (χ1v) is 24.5. The molecule has 2 nitrogen and oxygen atoms in total. The number of fused-ring (bicyclic) bond motifs is 8. The summed E-state index contributed by atoms with van der Waals surface area (Å²) in [7, 11) is 0. The molecule has 0 bridgehead atoms. The summed E-state index contributed by atoms with van der Waals surface area (Å²) in [4.78, 5) is 2.47. The van der Waals surface area contributed by atoms with Gasteiger partial charge in [0.05, 0.1) is 11.1 Å². The first-order chi connectivity index (χ1) is 35.2. The molecule has 0 saturated carbocycles. The zero-order valence-corrected chi connectivity index (χ0v) is 38.8. The van der Waals surface area contributed by atoms with Crippen LogP contribution < -0.4 is 4.90 Å². The lowest BCUT2D eigenvalue weighted by atomic mass is 9.67. The molecule has 1 heterocycles. The second-order valence-corrected chi connectivity index (χ2v) is 18.7. The summed E-state index contributed by atoms with van der Waals surface area (Å²) < 4.78 is 6.64. The highest BCUT2D eigenvalue weighted by Crippen LogP contribution is 2.57. The van der Waals surface area contributed by atoms with E-state index in [0.717, 1.165) is 61.1 Å². The zero-order valence-electron chi connectivity index (χ0n) is 38.8. The van der Waals surface area contributed by atoms with E-state index >= 15 is 0 Å². The molecule has 0 unspecified atom stereocenters. The maximum absolute atomic E-state index is 6.64. The van der Waals surface area contributed by atoms with Gasteiger partial charge in [0.15, 0.2) is 0 Å². The van der Waals surface area contributed by atoms with Gasteiger partial charge in [-0.05, 0) is 120 Å². The molecule has 0 saturated heterocycles. The molecular formula is C69H45NO. The molecule has 0 aliphatic heterocycles. The predicted molar refractivity (Wildman–Crippen MR) is 297 cm³/mol. The van der Waals surface area contributed by atoms with Crippen molar-refractivity contribution in [2.24, 2.45) is 0 Å². The number of rotatable bonds is 8. The van der Waals surface area contributed by atoms with Crippen LogP contribution in [0.5, 0.6) is 0 Å². The first kappa shape index (κ1) is 40.8. The van der Waals surface area contributed by atoms with E-state index in [0.29, 0.717) is 0 Å². The van der Waals surface area contributed by atoms with Crippen molar-refractivity contribution in [2.75, 3.05) is 4.90 Å². The largest absolute Gasteiger partial charge is 0.455 e. The van der Waals surface area contributed by atoms with Gasteiger partial charge in [-0.15, -0.1) is 0 Å². The Morgan fingerprint density at radius 2 is 0.831 bits per heavy atom. The SMILES string of the molecule is c1ccc(-c2cccc3c2oc2ccc(-c4ccc(N(c5ccc(-c6cccc7ccccc67)cc5)c5ccc6c(c5)C(c5ccccc5)(c5ccccc5)c5ccccc5-6)c5ccccc45)cc23)cc1. The molecule has 14 rings (SSSR count). The highest BCUT2D eigenvalue weighted by molar-refractivity contribution is 6.12. The van der Waals surface area contributed by atoms with E-state index in [1.807, 2.05) is 0 Å². The second-order valence-electron chi connectivity index (χ2n) is 18.7. The average Bonchev–Trinajstić information content (AvgIpc) is 3.97. The van der Waals surface area contributed by atoms with Crippen LogP contribution in [0.15, 0.2) is 277 Å². The Balaban J connectivity index is 0.976. The van der Waals surface area contributed by atoms with Crippen LogP contribution in [0.25, 0.3) is 88.0 Å². The van der Waals surface area contributed by atoms with Gasteiger partial charge in [0.2, 0.25) is 0 Å². The molecule has 0 amide bonds. The van der Waals surface area contributed by atoms with Crippen molar-refractivity contribution in [1.82, 2.24) is 0 Å². The van der Waals surface area contributed by atoms with Gasteiger partial charge >= 0.3 is 0 Å². The second kappa shape index (κ2) is 16.5. The lowest BCUT2D eigenvalue weighted by molar-refractivity contribution is 0.670. The summed E-state index contributed by atoms with van der Waals surface area (Å²) in [5.41, 5.74) is 19.0. The zero-order chi connectivity index (χ0) is 46.9. The van der Waals surface area contributed by atoms with E-state index in [-0.39, 0.29) is 0 Å². The molecule has 0 N–H and O–H groups in total. The third-order valence-corrected chi connectivity index (χ3v) is 15.0. The predicted octanol–water partition coefficient (Wildman–Crippen LogP) is 18.7. The molecule has 2 heteroatoms. The Morgan fingerprint density at radius 3 is 1.62 bits per heavy atom. The molecule has 13 aromatic rings. The summed E-state index contributed by atoms with van der Waals surface area (Å²) in [6.45, 7) is 0. The summed E-state index contributed by atoms with van der Waals surface area (Å²) in [6, 6.07) is 99.9. The van der Waals surface area contributed by atoms with Crippen LogP contribution in [0.2, 0.25) is 0 Å². The molecule has 12 aromatic carbocycles. The van der Waals surface area contributed by atoms with Crippen LogP contribution in [0.4, 0.5) is 17.1 Å². The van der Waals surface area contributed by atoms with Crippen molar-refractivity contribution >= 4 is 60.5 Å². The molecule has 0 spiro atoms. The number of benzene rings is 12. The third kappa shape index (κ3) is 6.42. The molecule has 1 aromatic heterocycles. The van der Waals surface area contributed by atoms with E-state index < -0.39 is 5.41 Å². The Hall–Kier alpha value is -9.24. The molecular weight excluding hydrogens is 859 g/mol. The van der Waals surface area contributed by atoms with Gasteiger partial charge < -0.3 is 9.32 Å². The Morgan fingerprint density at radius 1 is 0.296 bits per heavy atom. The van der Waals surface area contributed by atoms with Gasteiger partial charge in [-0.25, -0.2) is 0 Å². The van der Waals surface area contributed by atoms with Crippen LogP contribution >= 0.6 is 0 Å². The summed E-state index contributed by atoms with van der Waals surface area (Å²) in [5.74, 6) is 0. The van der Waals surface area contributed by atoms with E-state index in [1.165, 1.54) is 66.2 Å². The fourth-order valence-electron chi connectivity index (χ4n) is 11.8. The highest BCUT2D eigenvalue weighted by atomic mass is 16.3. The van der Waals surface area contributed by atoms with E-state index in [1.54, 1.807) is 0 Å². The minimum atomic E-state index is -0.544. The number of hydrogen-bond acceptors (Lipinski definition) is 2. The van der Waals surface area contributed by atoms with Gasteiger partial charge in [-0.2, -0.15) is 0 Å². The van der Waals surface area contributed by atoms with Crippen LogP contribution in [0, 0.1) is 0 Å². The smallest absolute Gasteiger partial charge is 0.143 e. The average molecular weight is 904 g/mol. The normalized spacial score (nSPS) is 12.6. The first-order valence-electron chi connectivity index (χ1n) is 24.5. The van der Waals surface area contributed by atoms with Gasteiger partial charge in [0.25, 0.3) is 0 Å². The number of furan rings is 1. The monoisotopic (exact) mass is 903 g/mol. The Kier molecular flexibility index (Phi) is 9.47. The molecule has 1 aliphatic rings. The van der Waals surface area contributed by atoms with Gasteiger partial charge in [-0.3, -0.25) is 0 Å².